The summed E-state index contributed by atoms with van der Waals surface area (Å²) in [4.78, 5) is 75.0. The second-order valence-corrected chi connectivity index (χ2v) is 14.3. The van der Waals surface area contributed by atoms with Gasteiger partial charge >= 0.3 is 30.0 Å². The van der Waals surface area contributed by atoms with E-state index in [4.69, 9.17) is 28.4 Å². The number of hydrogen-bond donors (Lipinski definition) is 0. The van der Waals surface area contributed by atoms with Crippen LogP contribution in [0.3, 0.4) is 0 Å². The van der Waals surface area contributed by atoms with Crippen molar-refractivity contribution in [1.29, 1.82) is 0 Å². The van der Waals surface area contributed by atoms with E-state index in [9.17, 15) is 28.8 Å². The zero-order chi connectivity index (χ0) is 31.3. The van der Waals surface area contributed by atoms with E-state index < -0.39 is 77.9 Å². The molecule has 13 nitrogen and oxygen atoms in total. The van der Waals surface area contributed by atoms with Gasteiger partial charge in [-0.05, 0) is 56.3 Å². The van der Waals surface area contributed by atoms with Gasteiger partial charge in [0.2, 0.25) is 10.8 Å². The van der Waals surface area contributed by atoms with Gasteiger partial charge in [0, 0.05) is 38.9 Å². The molecule has 0 unspecified atom stereocenters. The molecule has 6 atom stereocenters. The van der Waals surface area contributed by atoms with E-state index in [-0.39, 0.29) is 11.2 Å². The van der Waals surface area contributed by atoms with Crippen molar-refractivity contribution < 1.29 is 57.2 Å². The molecule has 0 radical (unpaired) electrons. The van der Waals surface area contributed by atoms with Crippen LogP contribution >= 0.6 is 11.8 Å². The van der Waals surface area contributed by atoms with Crippen molar-refractivity contribution in [3.8, 4) is 0 Å². The summed E-state index contributed by atoms with van der Waals surface area (Å²) in [6.45, 7) is 4.06. The molecule has 2 amide bonds. The molecular weight excluding hydrogens is 586 g/mol. The number of carbonyl (C=O) groups excluding carboxylic acids is 6. The summed E-state index contributed by atoms with van der Waals surface area (Å²) in [6, 6.07) is -1.15. The van der Waals surface area contributed by atoms with Crippen LogP contribution in [0, 0.1) is 17.8 Å². The second kappa shape index (κ2) is 11.9. The molecule has 0 spiro atoms. The minimum atomic E-state index is -1.71. The molecule has 0 aromatic carbocycles. The van der Waals surface area contributed by atoms with Gasteiger partial charge in [-0.1, -0.05) is 0 Å². The summed E-state index contributed by atoms with van der Waals surface area (Å²) in [5, 5.41) is 0. The summed E-state index contributed by atoms with van der Waals surface area (Å²) >= 11 is 1.38. The maximum absolute atomic E-state index is 13.8. The molecule has 2 saturated heterocycles. The molecule has 6 fully saturated rings. The molecule has 2 aliphatic heterocycles. The number of amides is 2. The van der Waals surface area contributed by atoms with Gasteiger partial charge in [0.25, 0.3) is 0 Å². The lowest BCUT2D eigenvalue weighted by Gasteiger charge is -2.59. The molecule has 2 heterocycles. The van der Waals surface area contributed by atoms with Crippen molar-refractivity contribution in [3.63, 3.8) is 0 Å². The van der Waals surface area contributed by atoms with Crippen LogP contribution in [0.2, 0.25) is 0 Å². The number of methoxy groups -OCH3 is 1. The van der Waals surface area contributed by atoms with Gasteiger partial charge in [-0.3, -0.25) is 19.2 Å². The first-order valence-corrected chi connectivity index (χ1v) is 15.5. The van der Waals surface area contributed by atoms with E-state index in [1.807, 2.05) is 0 Å². The minimum Gasteiger partial charge on any atom is -0.466 e. The number of thioether (sulfide) groups is 1. The van der Waals surface area contributed by atoms with Crippen molar-refractivity contribution in [1.82, 2.24) is 4.90 Å². The Labute approximate surface area is 253 Å². The largest absolute Gasteiger partial charge is 0.466 e. The van der Waals surface area contributed by atoms with E-state index in [1.165, 1.54) is 25.8 Å². The fourth-order valence-corrected chi connectivity index (χ4v) is 10.6. The molecule has 0 aromatic rings. The van der Waals surface area contributed by atoms with Gasteiger partial charge in [0.1, 0.15) is 24.9 Å². The molecule has 238 valence electrons. The van der Waals surface area contributed by atoms with E-state index >= 15 is 0 Å². The minimum absolute atomic E-state index is 0.113. The van der Waals surface area contributed by atoms with Gasteiger partial charge in [0.15, 0.2) is 12.2 Å². The zero-order valence-corrected chi connectivity index (χ0v) is 25.8. The highest BCUT2D eigenvalue weighted by molar-refractivity contribution is 8.02. The Morgan fingerprint density at radius 2 is 1.49 bits per heavy atom. The monoisotopic (exact) mass is 625 g/mol. The zero-order valence-electron chi connectivity index (χ0n) is 25.0. The number of hydrogen-bond acceptors (Lipinski definition) is 13. The van der Waals surface area contributed by atoms with Crippen LogP contribution in [-0.4, -0.2) is 94.6 Å². The first kappa shape index (κ1) is 31.6. The summed E-state index contributed by atoms with van der Waals surface area (Å²) in [5.74, 6) is -1.99. The van der Waals surface area contributed by atoms with Gasteiger partial charge < -0.3 is 28.4 Å². The van der Waals surface area contributed by atoms with Crippen LogP contribution in [0.1, 0.15) is 72.6 Å². The highest BCUT2D eigenvalue weighted by atomic mass is 32.2. The number of imide groups is 1. The normalized spacial score (nSPS) is 37.0. The van der Waals surface area contributed by atoms with Crippen LogP contribution in [0.5, 0.6) is 0 Å². The van der Waals surface area contributed by atoms with Crippen LogP contribution in [0.15, 0.2) is 0 Å². The van der Waals surface area contributed by atoms with Crippen LogP contribution in [0.25, 0.3) is 0 Å². The Morgan fingerprint density at radius 1 is 0.907 bits per heavy atom. The maximum Gasteiger partial charge on any atom is 0.417 e. The lowest BCUT2D eigenvalue weighted by molar-refractivity contribution is -0.219. The summed E-state index contributed by atoms with van der Waals surface area (Å²) in [7, 11) is 1.24. The lowest BCUT2D eigenvalue weighted by atomic mass is 9.56. The highest BCUT2D eigenvalue weighted by Crippen LogP contribution is 2.64. The molecule has 0 N–H and O–H groups in total. The molecule has 43 heavy (non-hydrogen) atoms. The maximum atomic E-state index is 13.8. The Hall–Kier alpha value is -2.87. The van der Waals surface area contributed by atoms with Gasteiger partial charge in [0.05, 0.1) is 7.11 Å². The smallest absolute Gasteiger partial charge is 0.417 e. The van der Waals surface area contributed by atoms with Crippen molar-refractivity contribution in [2.45, 2.75) is 113 Å². The average Bonchev–Trinajstić information content (AvgIpc) is 3.22. The Bertz CT molecular complexity index is 1150. The van der Waals surface area contributed by atoms with Crippen molar-refractivity contribution >= 4 is 47.6 Å². The summed E-state index contributed by atoms with van der Waals surface area (Å²) in [6.07, 6.45) is -0.223. The van der Waals surface area contributed by atoms with Crippen LogP contribution < -0.4 is 0 Å². The average molecular weight is 626 g/mol. The third-order valence-electron chi connectivity index (χ3n) is 9.22. The Kier molecular flexibility index (Phi) is 8.73. The predicted octanol–water partition coefficient (Wildman–Crippen LogP) is 2.51. The number of carbonyl (C=O) groups is 6. The number of ether oxygens (including phenoxy) is 6. The van der Waals surface area contributed by atoms with Crippen LogP contribution in [-0.2, 0) is 52.4 Å². The van der Waals surface area contributed by atoms with Crippen molar-refractivity contribution in [3.05, 3.63) is 0 Å². The third-order valence-corrected chi connectivity index (χ3v) is 10.9. The predicted molar refractivity (Wildman–Crippen MR) is 147 cm³/mol. The van der Waals surface area contributed by atoms with Gasteiger partial charge in [-0.15, -0.1) is 11.8 Å². The molecule has 4 saturated carbocycles. The third kappa shape index (κ3) is 6.22. The second-order valence-electron chi connectivity index (χ2n) is 12.6. The lowest BCUT2D eigenvalue weighted by Crippen LogP contribution is -2.66. The molecule has 6 aliphatic rings. The van der Waals surface area contributed by atoms with E-state index in [0.717, 1.165) is 64.2 Å². The van der Waals surface area contributed by atoms with E-state index in [1.54, 1.807) is 0 Å². The standard InChI is InChI=1S/C29H39NO12S/c1-14(31)30-23-21(41-27(30)36)12-29(26(35)37-5,43-28-9-18-6-19(10-28)8-20(7-18)11-28)42-25(23)24(40-17(4)34)22(39-16(3)33)13-38-15(2)32/h18-25H,6-13H2,1-5H3/t18?,19?,20?,21-,22+,23+,24+,25+,28?,29+/m0/s1. The molecule has 14 heteroatoms. The fraction of sp³-hybridized carbons (Fsp3) is 0.793. The SMILES string of the molecule is COC(=O)[C@]1(SC23CC4CC(CC(C4)C2)C3)C[C@@H]2OC(=O)N(C(C)=O)[C@H]2[C@H]([C@H](OC(C)=O)[C@@H](COC(C)=O)OC(C)=O)O1. The Morgan fingerprint density at radius 3 is 1.98 bits per heavy atom. The first-order valence-electron chi connectivity index (χ1n) is 14.7. The van der Waals surface area contributed by atoms with E-state index in [2.05, 4.69) is 0 Å². The van der Waals surface area contributed by atoms with E-state index in [0.29, 0.717) is 17.8 Å². The number of fused-ring (bicyclic) bond motifs is 1. The highest BCUT2D eigenvalue weighted by Gasteiger charge is 2.66. The molecular formula is C29H39NO12S. The number of nitrogens with zero attached hydrogens (tertiary/aromatic N) is 1. The molecule has 6 rings (SSSR count). The fourth-order valence-electron chi connectivity index (χ4n) is 8.32. The molecule has 0 aromatic heterocycles. The van der Waals surface area contributed by atoms with Crippen molar-refractivity contribution in [2.75, 3.05) is 13.7 Å². The number of esters is 4. The molecule has 4 aliphatic carbocycles. The first-order chi connectivity index (χ1) is 20.2. The van der Waals surface area contributed by atoms with Crippen LogP contribution in [0.4, 0.5) is 4.79 Å². The molecule has 4 bridgehead atoms. The topological polar surface area (TPSA) is 161 Å². The summed E-state index contributed by atoms with van der Waals surface area (Å²) in [5.41, 5.74) is 0. The van der Waals surface area contributed by atoms with Gasteiger partial charge in [-0.2, -0.15) is 0 Å². The quantitative estimate of drug-likeness (QED) is 0.272. The number of rotatable bonds is 9. The van der Waals surface area contributed by atoms with Crippen molar-refractivity contribution in [2.24, 2.45) is 17.8 Å². The van der Waals surface area contributed by atoms with Gasteiger partial charge in [-0.25, -0.2) is 14.5 Å². The summed E-state index contributed by atoms with van der Waals surface area (Å²) < 4.78 is 33.6. The Balaban J connectivity index is 1.59.